The Morgan fingerprint density at radius 2 is 0.979 bits per heavy atom. The van der Waals surface area contributed by atoms with E-state index in [9.17, 15) is 47.9 Å². The smallest absolute Gasteiger partial charge is 0.291 e. The van der Waals surface area contributed by atoms with E-state index in [1.165, 1.54) is 68.4 Å². The van der Waals surface area contributed by atoms with Crippen molar-refractivity contribution in [2.45, 2.75) is 51.0 Å². The Bertz CT molecular complexity index is 4100. The Kier molecular flexibility index (Phi) is 21.2. The van der Waals surface area contributed by atoms with E-state index in [1.54, 1.807) is 88.2 Å². The van der Waals surface area contributed by atoms with Crippen LogP contribution >= 0.6 is 0 Å². The van der Waals surface area contributed by atoms with Crippen LogP contribution in [0.1, 0.15) is 118 Å². The van der Waals surface area contributed by atoms with Crippen LogP contribution in [0.25, 0.3) is 0 Å². The van der Waals surface area contributed by atoms with Crippen LogP contribution < -0.4 is 57.3 Å². The van der Waals surface area contributed by atoms with Gasteiger partial charge >= 0.3 is 0 Å². The van der Waals surface area contributed by atoms with Gasteiger partial charge in [0.05, 0.1) is 53.8 Å². The van der Waals surface area contributed by atoms with Gasteiger partial charge < -0.3 is 94.5 Å². The van der Waals surface area contributed by atoms with Gasteiger partial charge in [-0.2, -0.15) is 0 Å². The van der Waals surface area contributed by atoms with Gasteiger partial charge in [-0.3, -0.25) is 52.9 Å². The number of nitrogens with one attached hydrogen (secondary N) is 9. The molecular weight excluding hydrogens is 1220 g/mol. The molecule has 6 aromatic heterocycles. The molecule has 1 saturated heterocycles. The van der Waals surface area contributed by atoms with Gasteiger partial charge in [-0.15, -0.1) is 0 Å². The quantitative estimate of drug-likeness (QED) is 0.0317. The highest BCUT2D eigenvalue weighted by molar-refractivity contribution is 6.07. The number of benzene rings is 1. The fraction of sp³-hybridized carbons (Fsp3) is 0.371. The molecule has 0 aliphatic carbocycles. The number of fused-ring (bicyclic) bond motifs is 2. The van der Waals surface area contributed by atoms with Crippen LogP contribution in [0.3, 0.4) is 0 Å². The Balaban J connectivity index is 0.662. The van der Waals surface area contributed by atoms with Gasteiger partial charge in [0.25, 0.3) is 41.4 Å². The van der Waals surface area contributed by atoms with Crippen molar-refractivity contribution >= 4 is 105 Å². The van der Waals surface area contributed by atoms with E-state index < -0.39 is 41.4 Å². The van der Waals surface area contributed by atoms with Crippen molar-refractivity contribution in [2.24, 2.45) is 47.3 Å². The van der Waals surface area contributed by atoms with Crippen molar-refractivity contribution in [3.63, 3.8) is 0 Å². The molecule has 1 aromatic carbocycles. The highest BCUT2D eigenvalue weighted by Crippen LogP contribution is 2.38. The first-order chi connectivity index (χ1) is 44.9. The highest BCUT2D eigenvalue weighted by atomic mass is 16.5. The molecule has 0 bridgehead atoms. The molecule has 7 aromatic rings. The summed E-state index contributed by atoms with van der Waals surface area (Å²) in [5.74, 6) is -3.57. The SMILES string of the molecule is COc1cc2c(cc1OCCCC(=O)Nc1cn(C)c(C(=O)Nc3cc(C(=O)NCCC(=O)Nc4cn(C)c(C(=O)Nc5cc(C(=O)NCCC(=O)Nc6cc(C(=O)Nc7cc(C(=O)NCCCN(C)C)n(C)c7)n(C)c6)n(C)c5)n4)n(C)c3)n1)N=C[C@@H]1CCCN1C2=O. The normalized spacial score (nSPS) is 13.1. The van der Waals surface area contributed by atoms with Crippen LogP contribution in [0.4, 0.5) is 40.1 Å². The zero-order valence-corrected chi connectivity index (χ0v) is 53.6. The minimum atomic E-state index is -0.648. The zero-order valence-electron chi connectivity index (χ0n) is 53.6. The summed E-state index contributed by atoms with van der Waals surface area (Å²) in [6, 6.07) is 9.24. The predicted octanol–water partition coefficient (Wildman–Crippen LogP) is 3.59. The van der Waals surface area contributed by atoms with Gasteiger partial charge in [0, 0.05) is 137 Å². The third kappa shape index (κ3) is 16.6. The number of imidazole rings is 2. The van der Waals surface area contributed by atoms with Gasteiger partial charge in [0.15, 0.2) is 23.1 Å². The number of hydrogen-bond acceptors (Lipinski definition) is 16. The van der Waals surface area contributed by atoms with E-state index in [0.29, 0.717) is 59.3 Å². The van der Waals surface area contributed by atoms with Crippen LogP contribution in [0, 0.1) is 0 Å². The van der Waals surface area contributed by atoms with Gasteiger partial charge in [0.1, 0.15) is 22.8 Å². The molecule has 32 heteroatoms. The first-order valence-electron chi connectivity index (χ1n) is 30.2. The molecule has 0 unspecified atom stereocenters. The molecule has 1 fully saturated rings. The summed E-state index contributed by atoms with van der Waals surface area (Å²) in [6.07, 6.45) is 13.6. The Hall–Kier alpha value is -11.3. The summed E-state index contributed by atoms with van der Waals surface area (Å²) in [5, 5.41) is 24.5. The molecule has 2 aliphatic heterocycles. The van der Waals surface area contributed by atoms with E-state index in [4.69, 9.17) is 9.47 Å². The van der Waals surface area contributed by atoms with Crippen LogP contribution in [0.2, 0.25) is 0 Å². The van der Waals surface area contributed by atoms with Crippen LogP contribution in [0.15, 0.2) is 78.6 Å². The molecule has 8 heterocycles. The fourth-order valence-electron chi connectivity index (χ4n) is 10.6. The summed E-state index contributed by atoms with van der Waals surface area (Å²) < 4.78 is 20.5. The minimum Gasteiger partial charge on any atom is -0.493 e. The summed E-state index contributed by atoms with van der Waals surface area (Å²) >= 11 is 0. The van der Waals surface area contributed by atoms with Crippen molar-refractivity contribution < 1.29 is 57.4 Å². The average Bonchev–Trinajstić information content (AvgIpc) is 1.57. The van der Waals surface area contributed by atoms with Crippen LogP contribution in [-0.4, -0.2) is 179 Å². The van der Waals surface area contributed by atoms with Crippen molar-refractivity contribution in [1.29, 1.82) is 0 Å². The zero-order chi connectivity index (χ0) is 67.5. The third-order valence-corrected chi connectivity index (χ3v) is 15.3. The molecule has 9 rings (SSSR count). The predicted molar refractivity (Wildman–Crippen MR) is 347 cm³/mol. The number of anilines is 6. The summed E-state index contributed by atoms with van der Waals surface area (Å²) in [7, 11) is 15.1. The molecule has 2 aliphatic rings. The number of nitrogens with zero attached hydrogens (tertiary/aromatic N) is 11. The van der Waals surface area contributed by atoms with E-state index in [1.807, 2.05) is 23.9 Å². The molecule has 1 atom stereocenters. The van der Waals surface area contributed by atoms with Crippen LogP contribution in [0.5, 0.6) is 11.5 Å². The number of carbonyl (C=O) groups is 10. The topological polar surface area (TPSA) is 372 Å². The van der Waals surface area contributed by atoms with Crippen molar-refractivity contribution in [3.8, 4) is 11.5 Å². The van der Waals surface area contributed by atoms with E-state index in [-0.39, 0.29) is 114 Å². The Labute approximate surface area is 539 Å². The minimum absolute atomic E-state index is 0.0224. The molecule has 0 radical (unpaired) electrons. The maximum absolute atomic E-state index is 13.4. The van der Waals surface area contributed by atoms with E-state index in [2.05, 4.69) is 62.8 Å². The fourth-order valence-corrected chi connectivity index (χ4v) is 10.6. The molecular formula is C62H76N20O12. The molecule has 10 amide bonds. The van der Waals surface area contributed by atoms with Crippen molar-refractivity contribution in [2.75, 3.05) is 92.4 Å². The molecule has 496 valence electrons. The lowest BCUT2D eigenvalue weighted by Gasteiger charge is -2.20. The molecule has 0 saturated carbocycles. The number of aryl methyl sites for hydroxylation is 6. The number of hydrogen-bond donors (Lipinski definition) is 9. The largest absolute Gasteiger partial charge is 0.493 e. The maximum Gasteiger partial charge on any atom is 0.291 e. The summed E-state index contributed by atoms with van der Waals surface area (Å²) in [6.45, 7) is 2.04. The first kappa shape index (κ1) is 67.1. The maximum atomic E-state index is 13.4. The summed E-state index contributed by atoms with van der Waals surface area (Å²) in [4.78, 5) is 148. The van der Waals surface area contributed by atoms with Gasteiger partial charge in [-0.1, -0.05) is 0 Å². The van der Waals surface area contributed by atoms with Gasteiger partial charge in [-0.25, -0.2) is 9.97 Å². The van der Waals surface area contributed by atoms with Gasteiger partial charge in [0.2, 0.25) is 29.4 Å². The molecule has 9 N–H and O–H groups in total. The number of aromatic nitrogens is 8. The monoisotopic (exact) mass is 1290 g/mol. The number of rotatable bonds is 28. The number of aliphatic imine (C=N–C) groups is 1. The summed E-state index contributed by atoms with van der Waals surface area (Å²) in [5.41, 5.74) is 3.21. The lowest BCUT2D eigenvalue weighted by molar-refractivity contribution is -0.117. The lowest BCUT2D eigenvalue weighted by Crippen LogP contribution is -2.35. The number of amides is 10. The molecule has 0 spiro atoms. The number of ether oxygens (including phenoxy) is 2. The highest BCUT2D eigenvalue weighted by Gasteiger charge is 2.33. The molecule has 32 nitrogen and oxygen atoms in total. The number of carbonyl (C=O) groups excluding carboxylic acids is 10. The standard InChI is InChI=1S/C62H76N20O12/c1-75(2)20-12-17-63-56(86)43-24-37(31-76(43)3)68-59(89)46-23-36(30-79(46)6)67-52(84)15-18-64-57(87)44-25-38(32-77(44)4)70-61(91)55-74-50(35-81(55)8)72-53(85)16-19-65-58(88)45-26-39(33-78(45)5)69-60(90)54-73-49(34-80(54)7)71-51(83)14-11-22-94-48-28-42-41(27-47(48)93-9)62(92)82-21-10-13-40(82)29-66-42/h23-35,40H,10-22H2,1-9H3,(H,63,86)(H,64,87)(H,65,88)(H,67,84)(H,68,89)(H,69,90)(H,70,91)(H,71,83)(H,72,85)/t40-/m0/s1. The third-order valence-electron chi connectivity index (χ3n) is 15.3. The first-order valence-corrected chi connectivity index (χ1v) is 30.2. The number of methoxy groups -OCH3 is 1. The van der Waals surface area contributed by atoms with Gasteiger partial charge in [-0.05, 0) is 76.7 Å². The second kappa shape index (κ2) is 29.8. The van der Waals surface area contributed by atoms with E-state index >= 15 is 0 Å². The molecule has 94 heavy (non-hydrogen) atoms. The lowest BCUT2D eigenvalue weighted by atomic mass is 10.1. The second-order valence-electron chi connectivity index (χ2n) is 22.9. The van der Waals surface area contributed by atoms with Crippen molar-refractivity contribution in [1.82, 2.24) is 63.1 Å². The second-order valence-corrected chi connectivity index (χ2v) is 22.9. The Morgan fingerprint density at radius 1 is 0.521 bits per heavy atom. The van der Waals surface area contributed by atoms with Crippen molar-refractivity contribution in [3.05, 3.63) is 114 Å². The Morgan fingerprint density at radius 3 is 1.48 bits per heavy atom. The van der Waals surface area contributed by atoms with E-state index in [0.717, 1.165) is 25.8 Å². The van der Waals surface area contributed by atoms with Crippen LogP contribution in [-0.2, 0) is 56.7 Å². The average molecular weight is 1290 g/mol.